The third kappa shape index (κ3) is 5.21. The molecule has 6 nitrogen and oxygen atoms in total. The molecule has 0 aromatic heterocycles. The normalized spacial score (nSPS) is 15.3. The number of urea groups is 1. The van der Waals surface area contributed by atoms with Gasteiger partial charge in [0, 0.05) is 31.4 Å². The van der Waals surface area contributed by atoms with Crippen molar-refractivity contribution in [2.24, 2.45) is 5.92 Å². The second kappa shape index (κ2) is 9.18. The fourth-order valence-corrected chi connectivity index (χ4v) is 4.73. The van der Waals surface area contributed by atoms with Crippen LogP contribution in [0.1, 0.15) is 39.2 Å². The summed E-state index contributed by atoms with van der Waals surface area (Å²) in [5, 5.41) is 2.94. The van der Waals surface area contributed by atoms with Gasteiger partial charge in [-0.1, -0.05) is 30.3 Å². The fraction of sp³-hybridized carbons (Fsp3) is 0.435. The van der Waals surface area contributed by atoms with Gasteiger partial charge in [-0.25, -0.2) is 13.2 Å². The van der Waals surface area contributed by atoms with Crippen molar-refractivity contribution >= 4 is 21.7 Å². The Morgan fingerprint density at radius 1 is 1.03 bits per heavy atom. The molecule has 1 saturated carbocycles. The maximum absolute atomic E-state index is 13.1. The van der Waals surface area contributed by atoms with Crippen molar-refractivity contribution in [3.05, 3.63) is 60.2 Å². The zero-order valence-electron chi connectivity index (χ0n) is 18.1. The molecule has 0 aliphatic heterocycles. The maximum atomic E-state index is 13.1. The Bertz CT molecular complexity index is 955. The van der Waals surface area contributed by atoms with Crippen LogP contribution in [-0.2, 0) is 16.6 Å². The van der Waals surface area contributed by atoms with Crippen molar-refractivity contribution in [1.29, 1.82) is 0 Å². The molecular formula is C23H31N3O3S. The van der Waals surface area contributed by atoms with Crippen LogP contribution >= 0.6 is 0 Å². The van der Waals surface area contributed by atoms with E-state index in [9.17, 15) is 13.2 Å². The van der Waals surface area contributed by atoms with Crippen molar-refractivity contribution in [2.75, 3.05) is 12.4 Å². The van der Waals surface area contributed by atoms with Crippen LogP contribution in [0.3, 0.4) is 0 Å². The number of rotatable bonds is 8. The minimum absolute atomic E-state index is 0.134. The molecule has 0 spiro atoms. The van der Waals surface area contributed by atoms with E-state index in [0.717, 1.165) is 18.4 Å². The Kier molecular flexibility index (Phi) is 6.83. The second-order valence-electron chi connectivity index (χ2n) is 8.26. The van der Waals surface area contributed by atoms with E-state index in [1.807, 2.05) is 49.1 Å². The summed E-state index contributed by atoms with van der Waals surface area (Å²) in [5.74, 6) is 0.540. The number of carbonyl (C=O) groups is 1. The zero-order chi connectivity index (χ0) is 21.9. The van der Waals surface area contributed by atoms with Crippen LogP contribution in [-0.4, -0.2) is 42.8 Å². The zero-order valence-corrected chi connectivity index (χ0v) is 18.9. The van der Waals surface area contributed by atoms with Crippen molar-refractivity contribution < 1.29 is 13.2 Å². The van der Waals surface area contributed by atoms with Crippen molar-refractivity contribution in [3.63, 3.8) is 0 Å². The number of nitrogens with one attached hydrogen (secondary N) is 1. The standard InChI is InChI=1S/C23H31N3O3S/c1-17(2)25(4)30(28,29)22-14-12-21(13-15-22)24-23(27)26(18(3)20-10-11-20)16-19-8-6-5-7-9-19/h5-9,12-15,17-18,20H,10-11,16H2,1-4H3,(H,24,27). The Balaban J connectivity index is 1.74. The molecule has 1 atom stereocenters. The summed E-state index contributed by atoms with van der Waals surface area (Å²) in [6, 6.07) is 16.1. The Morgan fingerprint density at radius 3 is 2.17 bits per heavy atom. The number of nitrogens with zero attached hydrogens (tertiary/aromatic N) is 2. The average molecular weight is 430 g/mol. The van der Waals surface area contributed by atoms with Gasteiger partial charge in [0.15, 0.2) is 0 Å². The van der Waals surface area contributed by atoms with Gasteiger partial charge in [0.2, 0.25) is 10.0 Å². The van der Waals surface area contributed by atoms with Crippen molar-refractivity contribution in [2.45, 2.75) is 57.1 Å². The van der Waals surface area contributed by atoms with Gasteiger partial charge < -0.3 is 10.2 Å². The molecular weight excluding hydrogens is 398 g/mol. The first-order valence-corrected chi connectivity index (χ1v) is 11.8. The monoisotopic (exact) mass is 429 g/mol. The van der Waals surface area contributed by atoms with E-state index in [-0.39, 0.29) is 23.0 Å². The van der Waals surface area contributed by atoms with Gasteiger partial charge in [-0.2, -0.15) is 4.31 Å². The van der Waals surface area contributed by atoms with Crippen LogP contribution in [0.2, 0.25) is 0 Å². The lowest BCUT2D eigenvalue weighted by Gasteiger charge is -2.30. The summed E-state index contributed by atoms with van der Waals surface area (Å²) in [5.41, 5.74) is 1.66. The van der Waals surface area contributed by atoms with Gasteiger partial charge in [-0.05, 0) is 69.4 Å². The van der Waals surface area contributed by atoms with E-state index in [0.29, 0.717) is 18.2 Å². The van der Waals surface area contributed by atoms with Crippen molar-refractivity contribution in [1.82, 2.24) is 9.21 Å². The Hall–Kier alpha value is -2.38. The molecule has 1 aliphatic carbocycles. The summed E-state index contributed by atoms with van der Waals surface area (Å²) in [4.78, 5) is 15.1. The molecule has 2 aromatic carbocycles. The van der Waals surface area contributed by atoms with Crippen LogP contribution in [0.5, 0.6) is 0 Å². The highest BCUT2D eigenvalue weighted by molar-refractivity contribution is 7.89. The van der Waals surface area contributed by atoms with Crippen LogP contribution in [0.4, 0.5) is 10.5 Å². The summed E-state index contributed by atoms with van der Waals surface area (Å²) in [7, 11) is -1.98. The van der Waals surface area contributed by atoms with Crippen LogP contribution < -0.4 is 5.32 Å². The molecule has 1 aliphatic rings. The van der Waals surface area contributed by atoms with Gasteiger partial charge in [0.25, 0.3) is 0 Å². The van der Waals surface area contributed by atoms with E-state index >= 15 is 0 Å². The molecule has 0 radical (unpaired) electrons. The van der Waals surface area contributed by atoms with E-state index in [1.165, 1.54) is 16.4 Å². The number of hydrogen-bond donors (Lipinski definition) is 1. The van der Waals surface area contributed by atoms with Gasteiger partial charge in [0.1, 0.15) is 0 Å². The van der Waals surface area contributed by atoms with Gasteiger partial charge in [-0.3, -0.25) is 0 Å². The number of carbonyl (C=O) groups excluding carboxylic acids is 1. The first kappa shape index (κ1) is 22.3. The SMILES string of the molecule is CC(C1CC1)N(Cc1ccccc1)C(=O)Nc1ccc(S(=O)(=O)N(C)C(C)C)cc1. The largest absolute Gasteiger partial charge is 0.322 e. The number of sulfonamides is 1. The van der Waals surface area contributed by atoms with Crippen LogP contribution in [0, 0.1) is 5.92 Å². The summed E-state index contributed by atoms with van der Waals surface area (Å²) in [6.07, 6.45) is 2.30. The number of hydrogen-bond acceptors (Lipinski definition) is 3. The van der Waals surface area contributed by atoms with E-state index in [4.69, 9.17) is 0 Å². The second-order valence-corrected chi connectivity index (χ2v) is 10.3. The number of amides is 2. The van der Waals surface area contributed by atoms with E-state index in [1.54, 1.807) is 19.2 Å². The minimum Gasteiger partial charge on any atom is -0.317 e. The molecule has 7 heteroatoms. The summed E-state index contributed by atoms with van der Waals surface area (Å²) >= 11 is 0. The number of anilines is 1. The molecule has 3 rings (SSSR count). The molecule has 2 aromatic rings. The molecule has 0 heterocycles. The molecule has 0 bridgehead atoms. The topological polar surface area (TPSA) is 69.7 Å². The third-order valence-electron chi connectivity index (χ3n) is 5.76. The van der Waals surface area contributed by atoms with E-state index < -0.39 is 10.0 Å². The predicted molar refractivity (Wildman–Crippen MR) is 120 cm³/mol. The highest BCUT2D eigenvalue weighted by Gasteiger charge is 2.34. The van der Waals surface area contributed by atoms with Crippen LogP contribution in [0.25, 0.3) is 0 Å². The lowest BCUT2D eigenvalue weighted by molar-refractivity contribution is 0.181. The Labute approximate surface area is 179 Å². The molecule has 1 unspecified atom stereocenters. The summed E-state index contributed by atoms with van der Waals surface area (Å²) < 4.78 is 26.6. The van der Waals surface area contributed by atoms with Crippen LogP contribution in [0.15, 0.2) is 59.5 Å². The number of benzene rings is 2. The molecule has 0 saturated heterocycles. The van der Waals surface area contributed by atoms with Gasteiger partial charge >= 0.3 is 6.03 Å². The molecule has 30 heavy (non-hydrogen) atoms. The summed E-state index contributed by atoms with van der Waals surface area (Å²) in [6.45, 7) is 6.29. The Morgan fingerprint density at radius 2 is 1.63 bits per heavy atom. The third-order valence-corrected chi connectivity index (χ3v) is 7.81. The fourth-order valence-electron chi connectivity index (χ4n) is 3.36. The average Bonchev–Trinajstić information content (AvgIpc) is 3.57. The first-order chi connectivity index (χ1) is 14.2. The first-order valence-electron chi connectivity index (χ1n) is 10.4. The maximum Gasteiger partial charge on any atom is 0.322 e. The van der Waals surface area contributed by atoms with Gasteiger partial charge in [0.05, 0.1) is 4.90 Å². The quantitative estimate of drug-likeness (QED) is 0.669. The smallest absolute Gasteiger partial charge is 0.317 e. The van der Waals surface area contributed by atoms with E-state index in [2.05, 4.69) is 12.2 Å². The minimum atomic E-state index is -3.55. The van der Waals surface area contributed by atoms with Crippen molar-refractivity contribution in [3.8, 4) is 0 Å². The highest BCUT2D eigenvalue weighted by Crippen LogP contribution is 2.36. The highest BCUT2D eigenvalue weighted by atomic mass is 32.2. The molecule has 1 N–H and O–H groups in total. The molecule has 162 valence electrons. The molecule has 1 fully saturated rings. The lowest BCUT2D eigenvalue weighted by Crippen LogP contribution is -2.42. The van der Waals surface area contributed by atoms with Gasteiger partial charge in [-0.15, -0.1) is 0 Å². The molecule has 2 amide bonds. The lowest BCUT2D eigenvalue weighted by atomic mass is 10.1. The predicted octanol–water partition coefficient (Wildman–Crippen LogP) is 4.55.